The summed E-state index contributed by atoms with van der Waals surface area (Å²) in [5.74, 6) is -2.29. The molecular formula is C21H22Cl2IN3O5. The fourth-order valence-electron chi connectivity index (χ4n) is 3.58. The van der Waals surface area contributed by atoms with Crippen LogP contribution >= 0.6 is 43.9 Å². The van der Waals surface area contributed by atoms with Crippen molar-refractivity contribution in [2.75, 3.05) is 13.6 Å². The quantitative estimate of drug-likeness (QED) is 0.358. The van der Waals surface area contributed by atoms with Gasteiger partial charge in [0.1, 0.15) is 6.04 Å². The smallest absolute Gasteiger partial charge is 0.326 e. The fourth-order valence-corrected chi connectivity index (χ4v) is 6.28. The first kappa shape index (κ1) is 24.7. The third-order valence-electron chi connectivity index (χ3n) is 5.10. The molecule has 2 aliphatic heterocycles. The minimum absolute atomic E-state index is 0.110. The Labute approximate surface area is 205 Å². The molecule has 2 heterocycles. The van der Waals surface area contributed by atoms with Crippen LogP contribution in [-0.2, 0) is 16.1 Å². The molecule has 1 aromatic carbocycles. The van der Waals surface area contributed by atoms with Gasteiger partial charge in [0.2, 0.25) is 0 Å². The highest BCUT2D eigenvalue weighted by Crippen LogP contribution is 2.40. The molecule has 172 valence electrons. The lowest BCUT2D eigenvalue weighted by molar-refractivity contribution is -0.140. The van der Waals surface area contributed by atoms with Gasteiger partial charge in [0.05, 0.1) is 3.63 Å². The molecule has 0 saturated carbocycles. The molecule has 2 amide bonds. The second-order valence-electron chi connectivity index (χ2n) is 7.53. The van der Waals surface area contributed by atoms with Gasteiger partial charge in [-0.2, -0.15) is 0 Å². The van der Waals surface area contributed by atoms with E-state index in [4.69, 9.17) is 28.3 Å². The van der Waals surface area contributed by atoms with E-state index in [1.807, 2.05) is 25.3 Å². The molecule has 0 aliphatic carbocycles. The number of hydrogen-bond donors (Lipinski definition) is 4. The van der Waals surface area contributed by atoms with E-state index in [2.05, 4.69) is 19.6 Å². The van der Waals surface area contributed by atoms with Crippen molar-refractivity contribution in [2.24, 2.45) is 0 Å². The number of nitrogens with one attached hydrogen (secondary N) is 2. The molecule has 0 radical (unpaired) electrons. The number of rotatable bonds is 7. The van der Waals surface area contributed by atoms with Crippen LogP contribution in [0.15, 0.2) is 33.9 Å². The van der Waals surface area contributed by atoms with Crippen molar-refractivity contribution in [3.8, 4) is 0 Å². The highest BCUT2D eigenvalue weighted by molar-refractivity contribution is 14.2. The van der Waals surface area contributed by atoms with Gasteiger partial charge in [0.15, 0.2) is 0 Å². The molecule has 0 saturated heterocycles. The Morgan fingerprint density at radius 1 is 1.25 bits per heavy atom. The molecule has 8 nitrogen and oxygen atoms in total. The van der Waals surface area contributed by atoms with Crippen LogP contribution in [-0.4, -0.2) is 56.3 Å². The number of carboxylic acids is 2. The van der Waals surface area contributed by atoms with Crippen molar-refractivity contribution in [2.45, 2.75) is 31.3 Å². The minimum Gasteiger partial charge on any atom is -0.481 e. The Bertz CT molecular complexity index is 1040. The van der Waals surface area contributed by atoms with Gasteiger partial charge in [-0.25, -0.2) is 9.59 Å². The molecule has 2 aliphatic rings. The Kier molecular flexibility index (Phi) is 8.32. The predicted octanol–water partition coefficient (Wildman–Crippen LogP) is 3.69. The summed E-state index contributed by atoms with van der Waals surface area (Å²) in [5, 5.41) is 24.2. The van der Waals surface area contributed by atoms with Crippen LogP contribution in [0.3, 0.4) is 0 Å². The Morgan fingerprint density at radius 2 is 2.00 bits per heavy atom. The van der Waals surface area contributed by atoms with Crippen molar-refractivity contribution in [1.82, 2.24) is 15.5 Å². The van der Waals surface area contributed by atoms with Crippen molar-refractivity contribution in [3.63, 3.8) is 0 Å². The van der Waals surface area contributed by atoms with Gasteiger partial charge in [0, 0.05) is 35.5 Å². The zero-order valence-electron chi connectivity index (χ0n) is 17.1. The van der Waals surface area contributed by atoms with Crippen molar-refractivity contribution >= 4 is 65.5 Å². The van der Waals surface area contributed by atoms with E-state index in [-0.39, 0.29) is 18.8 Å². The highest BCUT2D eigenvalue weighted by Gasteiger charge is 2.28. The average molecular weight is 594 g/mol. The summed E-state index contributed by atoms with van der Waals surface area (Å²) < 4.78 is 2.83. The summed E-state index contributed by atoms with van der Waals surface area (Å²) >= 11 is 12.0. The third-order valence-corrected chi connectivity index (χ3v) is 7.98. The molecular weight excluding hydrogens is 572 g/mol. The van der Waals surface area contributed by atoms with Gasteiger partial charge in [0.25, 0.3) is 0 Å². The molecule has 11 heteroatoms. The minimum atomic E-state index is -1.28. The Balaban J connectivity index is 1.70. The van der Waals surface area contributed by atoms with Crippen LogP contribution in [0.1, 0.15) is 29.9 Å². The summed E-state index contributed by atoms with van der Waals surface area (Å²) in [4.78, 5) is 36.3. The first-order chi connectivity index (χ1) is 15.1. The molecule has 0 bridgehead atoms. The van der Waals surface area contributed by atoms with Crippen molar-refractivity contribution in [3.05, 3.63) is 55.1 Å². The van der Waals surface area contributed by atoms with Crippen LogP contribution in [0, 0.1) is 0 Å². The first-order valence-electron chi connectivity index (χ1n) is 9.71. The maximum atomic E-state index is 12.2. The number of hydrogen-bond acceptors (Lipinski definition) is 4. The van der Waals surface area contributed by atoms with Gasteiger partial charge >= 0.3 is 18.0 Å². The van der Waals surface area contributed by atoms with Crippen LogP contribution in [0.2, 0.25) is 10.0 Å². The topological polar surface area (TPSA) is 119 Å². The van der Waals surface area contributed by atoms with Gasteiger partial charge in [-0.15, -0.1) is 0 Å². The number of fused-ring (bicyclic) bond motifs is 1. The molecule has 0 spiro atoms. The summed E-state index contributed by atoms with van der Waals surface area (Å²) in [6, 6.07) is 1.78. The number of benzene rings is 1. The number of nitrogens with zero attached hydrogens (tertiary/aromatic N) is 1. The number of carboxylic acid groups (broad SMARTS) is 2. The van der Waals surface area contributed by atoms with Crippen LogP contribution in [0.5, 0.6) is 0 Å². The molecule has 0 fully saturated rings. The van der Waals surface area contributed by atoms with E-state index < -0.39 is 44.7 Å². The molecule has 2 atom stereocenters. The predicted molar refractivity (Wildman–Crippen MR) is 132 cm³/mol. The molecule has 1 unspecified atom stereocenters. The average Bonchev–Trinajstić information content (AvgIpc) is 2.71. The van der Waals surface area contributed by atoms with E-state index in [1.165, 1.54) is 0 Å². The number of likely N-dealkylation sites (N-methyl/N-ethyl adjacent to an activating group) is 1. The lowest BCUT2D eigenvalue weighted by Crippen LogP contribution is -2.47. The summed E-state index contributed by atoms with van der Waals surface area (Å²) in [6.07, 6.45) is 3.23. The molecule has 3 rings (SSSR count). The maximum absolute atomic E-state index is 12.2. The molecule has 32 heavy (non-hydrogen) atoms. The van der Waals surface area contributed by atoms with E-state index >= 15 is 0 Å². The second kappa shape index (κ2) is 10.8. The van der Waals surface area contributed by atoms with E-state index in [0.29, 0.717) is 13.7 Å². The van der Waals surface area contributed by atoms with Crippen molar-refractivity contribution < 1.29 is 24.6 Å². The first-order valence-corrected chi connectivity index (χ1v) is 12.8. The Hall–Kier alpha value is -1.95. The molecule has 0 aromatic heterocycles. The zero-order valence-corrected chi connectivity index (χ0v) is 20.7. The van der Waals surface area contributed by atoms with E-state index in [1.54, 1.807) is 6.07 Å². The largest absolute Gasteiger partial charge is 0.481 e. The fraction of sp³-hybridized carbons (Fsp3) is 0.333. The molecule has 1 aromatic rings. The summed E-state index contributed by atoms with van der Waals surface area (Å²) in [5.41, 5.74) is 3.30. The van der Waals surface area contributed by atoms with Gasteiger partial charge in [-0.1, -0.05) is 50.0 Å². The van der Waals surface area contributed by atoms with Crippen molar-refractivity contribution in [1.29, 1.82) is 0 Å². The SMILES string of the molecule is CN1Cc2c(Cl)cc(Cl)cc2C(C2=CI=C(NC(=O)N[C@@H](CCC(=O)O)C(=O)O)C=C2)C1. The summed E-state index contributed by atoms with van der Waals surface area (Å²) in [7, 11) is 2.04. The van der Waals surface area contributed by atoms with Crippen LogP contribution in [0.25, 0.3) is 0 Å². The number of aliphatic carboxylic acids is 2. The van der Waals surface area contributed by atoms with Crippen LogP contribution < -0.4 is 10.6 Å². The number of allylic oxidation sites excluding steroid dienone is 1. The summed E-state index contributed by atoms with van der Waals surface area (Å²) in [6.45, 7) is 1.57. The number of carbonyl (C=O) groups excluding carboxylic acids is 1. The second-order valence-corrected chi connectivity index (χ2v) is 10.8. The van der Waals surface area contributed by atoms with Gasteiger partial charge in [-0.3, -0.25) is 4.79 Å². The van der Waals surface area contributed by atoms with E-state index in [0.717, 1.165) is 29.8 Å². The normalized spacial score (nSPS) is 19.0. The monoisotopic (exact) mass is 593 g/mol. The third kappa shape index (κ3) is 6.31. The lowest BCUT2D eigenvalue weighted by Gasteiger charge is -2.34. The van der Waals surface area contributed by atoms with E-state index in [9.17, 15) is 19.5 Å². The number of carbonyl (C=O) groups is 3. The number of amides is 2. The van der Waals surface area contributed by atoms with Crippen LogP contribution in [0.4, 0.5) is 4.79 Å². The highest BCUT2D eigenvalue weighted by atomic mass is 127. The zero-order chi connectivity index (χ0) is 23.4. The van der Waals surface area contributed by atoms with Gasteiger partial charge < -0.3 is 25.7 Å². The number of urea groups is 1. The molecule has 4 N–H and O–H groups in total. The van der Waals surface area contributed by atoms with Gasteiger partial charge in [-0.05, 0) is 52.5 Å². The Morgan fingerprint density at radius 3 is 2.62 bits per heavy atom. The maximum Gasteiger partial charge on any atom is 0.326 e. The number of halogens is 3. The standard InChI is InChI=1S/C21H22Cl2IN3O5/c1-27-9-14(13-6-12(22)7-16(23)15(13)10-27)11-2-4-18(24-8-11)26-21(32)25-17(20(30)31)3-5-19(28)29/h2,4,6-8,14,17H,3,5,9-10H2,1H3,(H,28,29)(H,30,31)(H2,25,26,32)/t14?,17-/m0/s1. The lowest BCUT2D eigenvalue weighted by atomic mass is 9.85.